The Balaban J connectivity index is 1.67. The summed E-state index contributed by atoms with van der Waals surface area (Å²) in [5.74, 6) is 0.765. The van der Waals surface area contributed by atoms with Gasteiger partial charge in [-0.3, -0.25) is 19.2 Å². The molecule has 0 spiro atoms. The van der Waals surface area contributed by atoms with Crippen molar-refractivity contribution in [1.29, 1.82) is 0 Å². The van der Waals surface area contributed by atoms with E-state index in [9.17, 15) is 4.79 Å². The highest BCUT2D eigenvalue weighted by atomic mass is 16.1. The topological polar surface area (TPSA) is 41.4 Å². The zero-order chi connectivity index (χ0) is 20.4. The molecule has 0 bridgehead atoms. The highest BCUT2D eigenvalue weighted by Crippen LogP contribution is 2.29. The molecule has 29 heavy (non-hydrogen) atoms. The third-order valence-corrected chi connectivity index (χ3v) is 6.21. The lowest BCUT2D eigenvalue weighted by Crippen LogP contribution is -2.48. The molecule has 5 nitrogen and oxygen atoms in total. The number of fused-ring (bicyclic) bond motifs is 1. The van der Waals surface area contributed by atoms with Crippen LogP contribution in [0.2, 0.25) is 0 Å². The number of benzene rings is 1. The number of allylic oxidation sites excluding steroid dienone is 1. The molecule has 0 saturated carbocycles. The second kappa shape index (κ2) is 8.54. The molecule has 0 atom stereocenters. The molecule has 5 heteroatoms. The second-order valence-corrected chi connectivity index (χ2v) is 8.36. The molecule has 1 aromatic carbocycles. The highest BCUT2D eigenvalue weighted by molar-refractivity contribution is 5.58. The van der Waals surface area contributed by atoms with Crippen LogP contribution < -0.4 is 10.5 Å². The van der Waals surface area contributed by atoms with Gasteiger partial charge in [-0.25, -0.2) is 4.98 Å². The standard InChI is InChI=1S/C24H32N4O/c1-4-22-19(3)25-24-27(21-12-10-18(2)11-13-21)16-26(17-28(24)23(22)29)15-14-20-8-6-5-7-9-20/h8,10-13H,4-7,9,14-17H2,1-3H3. The Labute approximate surface area is 173 Å². The summed E-state index contributed by atoms with van der Waals surface area (Å²) in [6, 6.07) is 8.50. The Hall–Kier alpha value is -2.40. The lowest BCUT2D eigenvalue weighted by Gasteiger charge is -2.38. The van der Waals surface area contributed by atoms with Crippen LogP contribution >= 0.6 is 0 Å². The first-order chi connectivity index (χ1) is 14.1. The van der Waals surface area contributed by atoms with E-state index >= 15 is 0 Å². The van der Waals surface area contributed by atoms with Crippen molar-refractivity contribution >= 4 is 11.6 Å². The minimum atomic E-state index is 0.105. The van der Waals surface area contributed by atoms with Gasteiger partial charge in [-0.1, -0.05) is 36.3 Å². The molecule has 1 aliphatic carbocycles. The van der Waals surface area contributed by atoms with Gasteiger partial charge in [0.1, 0.15) is 0 Å². The molecular formula is C24H32N4O. The number of hydrogen-bond acceptors (Lipinski definition) is 4. The van der Waals surface area contributed by atoms with Crippen molar-refractivity contribution < 1.29 is 0 Å². The van der Waals surface area contributed by atoms with Crippen LogP contribution in [0.3, 0.4) is 0 Å². The van der Waals surface area contributed by atoms with E-state index in [0.717, 1.165) is 48.9 Å². The molecule has 2 heterocycles. The number of rotatable bonds is 5. The molecule has 2 aromatic rings. The van der Waals surface area contributed by atoms with E-state index in [-0.39, 0.29) is 5.56 Å². The zero-order valence-electron chi connectivity index (χ0n) is 17.9. The number of hydrogen-bond donors (Lipinski definition) is 0. The lowest BCUT2D eigenvalue weighted by atomic mass is 9.97. The van der Waals surface area contributed by atoms with Crippen LogP contribution in [-0.4, -0.2) is 27.7 Å². The fraction of sp³-hybridized carbons (Fsp3) is 0.500. The van der Waals surface area contributed by atoms with Gasteiger partial charge in [0.2, 0.25) is 5.95 Å². The van der Waals surface area contributed by atoms with Gasteiger partial charge in [0.25, 0.3) is 5.56 Å². The first-order valence-electron chi connectivity index (χ1n) is 10.9. The average molecular weight is 393 g/mol. The van der Waals surface area contributed by atoms with Crippen molar-refractivity contribution in [2.24, 2.45) is 0 Å². The molecule has 0 radical (unpaired) electrons. The highest BCUT2D eigenvalue weighted by Gasteiger charge is 2.27. The van der Waals surface area contributed by atoms with Crippen LogP contribution in [0.15, 0.2) is 40.7 Å². The number of aryl methyl sites for hydroxylation is 2. The Kier molecular flexibility index (Phi) is 5.86. The summed E-state index contributed by atoms with van der Waals surface area (Å²) in [6.07, 6.45) is 9.31. The first kappa shape index (κ1) is 19.9. The molecule has 4 rings (SSSR count). The first-order valence-corrected chi connectivity index (χ1v) is 10.9. The fourth-order valence-corrected chi connectivity index (χ4v) is 4.43. The van der Waals surface area contributed by atoms with Crippen molar-refractivity contribution in [2.75, 3.05) is 18.1 Å². The molecular weight excluding hydrogens is 360 g/mol. The summed E-state index contributed by atoms with van der Waals surface area (Å²) in [5.41, 5.74) is 5.67. The maximum Gasteiger partial charge on any atom is 0.259 e. The van der Waals surface area contributed by atoms with Gasteiger partial charge in [0, 0.05) is 23.5 Å². The summed E-state index contributed by atoms with van der Waals surface area (Å²) in [7, 11) is 0. The van der Waals surface area contributed by atoms with E-state index in [4.69, 9.17) is 4.98 Å². The van der Waals surface area contributed by atoms with Crippen molar-refractivity contribution in [1.82, 2.24) is 14.5 Å². The number of aromatic nitrogens is 2. The van der Waals surface area contributed by atoms with Gasteiger partial charge in [-0.15, -0.1) is 0 Å². The van der Waals surface area contributed by atoms with E-state index < -0.39 is 0 Å². The molecule has 0 N–H and O–H groups in total. The minimum Gasteiger partial charge on any atom is -0.298 e. The average Bonchev–Trinajstić information content (AvgIpc) is 2.74. The van der Waals surface area contributed by atoms with Crippen molar-refractivity contribution in [3.8, 4) is 0 Å². The van der Waals surface area contributed by atoms with Gasteiger partial charge < -0.3 is 0 Å². The summed E-state index contributed by atoms with van der Waals surface area (Å²) < 4.78 is 1.87. The normalized spacial score (nSPS) is 17.2. The predicted octanol–water partition coefficient (Wildman–Crippen LogP) is 4.68. The Morgan fingerprint density at radius 2 is 1.86 bits per heavy atom. The van der Waals surface area contributed by atoms with Gasteiger partial charge >= 0.3 is 0 Å². The van der Waals surface area contributed by atoms with Crippen LogP contribution in [0.25, 0.3) is 0 Å². The van der Waals surface area contributed by atoms with Gasteiger partial charge in [-0.2, -0.15) is 0 Å². The third-order valence-electron chi connectivity index (χ3n) is 6.21. The maximum atomic E-state index is 13.2. The largest absolute Gasteiger partial charge is 0.298 e. The van der Waals surface area contributed by atoms with Crippen LogP contribution in [0.5, 0.6) is 0 Å². The molecule has 1 aliphatic heterocycles. The van der Waals surface area contributed by atoms with Gasteiger partial charge in [0.05, 0.1) is 13.3 Å². The Morgan fingerprint density at radius 3 is 2.55 bits per heavy atom. The van der Waals surface area contributed by atoms with Crippen LogP contribution in [0.4, 0.5) is 11.6 Å². The van der Waals surface area contributed by atoms with Gasteiger partial charge in [-0.05, 0) is 64.5 Å². The summed E-state index contributed by atoms with van der Waals surface area (Å²) >= 11 is 0. The Bertz CT molecular complexity index is 958. The monoisotopic (exact) mass is 392 g/mol. The summed E-state index contributed by atoms with van der Waals surface area (Å²) in [5, 5.41) is 0. The summed E-state index contributed by atoms with van der Waals surface area (Å²) in [4.78, 5) is 22.6. The molecule has 1 aromatic heterocycles. The quantitative estimate of drug-likeness (QED) is 0.693. The van der Waals surface area contributed by atoms with E-state index in [1.807, 2.05) is 18.4 Å². The Morgan fingerprint density at radius 1 is 1.07 bits per heavy atom. The van der Waals surface area contributed by atoms with E-state index in [1.165, 1.54) is 31.2 Å². The van der Waals surface area contributed by atoms with Crippen LogP contribution in [-0.2, 0) is 13.1 Å². The van der Waals surface area contributed by atoms with Crippen molar-refractivity contribution in [3.05, 3.63) is 63.1 Å². The molecule has 0 amide bonds. The van der Waals surface area contributed by atoms with E-state index in [1.54, 1.807) is 5.57 Å². The molecule has 154 valence electrons. The minimum absolute atomic E-state index is 0.105. The second-order valence-electron chi connectivity index (χ2n) is 8.36. The fourth-order valence-electron chi connectivity index (χ4n) is 4.43. The zero-order valence-corrected chi connectivity index (χ0v) is 17.9. The molecule has 0 unspecified atom stereocenters. The smallest absolute Gasteiger partial charge is 0.259 e. The SMILES string of the molecule is CCc1c(C)nc2n(c1=O)CN(CCC1=CCCCC1)CN2c1ccc(C)cc1. The van der Waals surface area contributed by atoms with Crippen molar-refractivity contribution in [3.63, 3.8) is 0 Å². The molecule has 2 aliphatic rings. The van der Waals surface area contributed by atoms with Crippen LogP contribution in [0, 0.1) is 13.8 Å². The number of nitrogens with zero attached hydrogens (tertiary/aromatic N) is 4. The van der Waals surface area contributed by atoms with E-state index in [2.05, 4.69) is 47.1 Å². The molecule has 0 fully saturated rings. The van der Waals surface area contributed by atoms with Crippen molar-refractivity contribution in [2.45, 2.75) is 66.0 Å². The number of anilines is 2. The predicted molar refractivity (Wildman–Crippen MR) is 119 cm³/mol. The van der Waals surface area contributed by atoms with Gasteiger partial charge in [0.15, 0.2) is 0 Å². The third kappa shape index (κ3) is 4.15. The van der Waals surface area contributed by atoms with Crippen LogP contribution in [0.1, 0.15) is 55.8 Å². The summed E-state index contributed by atoms with van der Waals surface area (Å²) in [6.45, 7) is 8.42. The van der Waals surface area contributed by atoms with E-state index in [0.29, 0.717) is 6.67 Å². The molecule has 0 saturated heterocycles. The maximum absolute atomic E-state index is 13.2. The lowest BCUT2D eigenvalue weighted by molar-refractivity contribution is 0.199.